The molecule has 0 spiro atoms. The number of sulfonamides is 1. The van der Waals surface area contributed by atoms with Crippen molar-refractivity contribution in [1.29, 1.82) is 0 Å². The highest BCUT2D eigenvalue weighted by molar-refractivity contribution is 7.88. The number of nitrogens with zero attached hydrogens (tertiary/aromatic N) is 1. The molecule has 1 fully saturated rings. The van der Waals surface area contributed by atoms with Crippen LogP contribution in [0, 0.1) is 17.5 Å². The van der Waals surface area contributed by atoms with E-state index in [0.29, 0.717) is 25.0 Å². The van der Waals surface area contributed by atoms with Crippen molar-refractivity contribution >= 4 is 15.9 Å². The highest BCUT2D eigenvalue weighted by Gasteiger charge is 2.29. The Labute approximate surface area is 126 Å². The third-order valence-electron chi connectivity index (χ3n) is 3.31. The number of halogens is 3. The molecule has 1 aliphatic heterocycles. The number of likely N-dealkylation sites (tertiary alicyclic amines) is 1. The minimum Gasteiger partial charge on any atom is -0.337 e. The zero-order chi connectivity index (χ0) is 16.5. The van der Waals surface area contributed by atoms with E-state index in [-0.39, 0.29) is 13.1 Å². The number of benzene rings is 1. The first-order chi connectivity index (χ1) is 10.2. The summed E-state index contributed by atoms with van der Waals surface area (Å²) in [5, 5.41) is 0. The molecule has 1 heterocycles. The molecule has 0 aromatic heterocycles. The lowest BCUT2D eigenvalue weighted by molar-refractivity contribution is 0.0693. The number of amides is 1. The van der Waals surface area contributed by atoms with Crippen LogP contribution in [0.1, 0.15) is 23.2 Å². The van der Waals surface area contributed by atoms with Gasteiger partial charge in [-0.3, -0.25) is 4.79 Å². The van der Waals surface area contributed by atoms with Gasteiger partial charge in [-0.15, -0.1) is 0 Å². The molecule has 5 nitrogen and oxygen atoms in total. The molecule has 2 rings (SSSR count). The van der Waals surface area contributed by atoms with Crippen LogP contribution in [-0.2, 0) is 10.0 Å². The molecule has 1 amide bonds. The second-order valence-electron chi connectivity index (χ2n) is 5.22. The fraction of sp³-hybridized carbons (Fsp3) is 0.462. The Hall–Kier alpha value is -1.61. The summed E-state index contributed by atoms with van der Waals surface area (Å²) in [7, 11) is -3.45. The Balaban J connectivity index is 2.19. The normalized spacial score (nSPS) is 19.3. The maximum absolute atomic E-state index is 13.6. The monoisotopic (exact) mass is 336 g/mol. The van der Waals surface area contributed by atoms with E-state index in [4.69, 9.17) is 0 Å². The van der Waals surface area contributed by atoms with Gasteiger partial charge in [0.25, 0.3) is 5.91 Å². The Kier molecular flexibility index (Phi) is 4.76. The smallest absolute Gasteiger partial charge is 0.259 e. The predicted octanol–water partition coefficient (Wildman–Crippen LogP) is 1.26. The van der Waals surface area contributed by atoms with Gasteiger partial charge in [0.05, 0.1) is 6.26 Å². The topological polar surface area (TPSA) is 66.5 Å². The van der Waals surface area contributed by atoms with E-state index < -0.39 is 45.0 Å². The second-order valence-corrected chi connectivity index (χ2v) is 7.00. The van der Waals surface area contributed by atoms with E-state index in [2.05, 4.69) is 4.72 Å². The van der Waals surface area contributed by atoms with Crippen LogP contribution in [0.3, 0.4) is 0 Å². The van der Waals surface area contributed by atoms with Crippen molar-refractivity contribution in [3.05, 3.63) is 35.1 Å². The lowest BCUT2D eigenvalue weighted by Crippen LogP contribution is -2.49. The molecule has 0 bridgehead atoms. The van der Waals surface area contributed by atoms with Gasteiger partial charge in [-0.05, 0) is 12.8 Å². The summed E-state index contributed by atoms with van der Waals surface area (Å²) < 4.78 is 65.0. The summed E-state index contributed by atoms with van der Waals surface area (Å²) >= 11 is 0. The van der Waals surface area contributed by atoms with Crippen molar-refractivity contribution in [2.75, 3.05) is 19.3 Å². The van der Waals surface area contributed by atoms with Crippen molar-refractivity contribution in [2.45, 2.75) is 18.9 Å². The van der Waals surface area contributed by atoms with Gasteiger partial charge in [0.15, 0.2) is 0 Å². The maximum atomic E-state index is 13.6. The summed E-state index contributed by atoms with van der Waals surface area (Å²) in [4.78, 5) is 13.4. The molecule has 0 unspecified atom stereocenters. The third kappa shape index (κ3) is 3.98. The van der Waals surface area contributed by atoms with Crippen LogP contribution in [0.2, 0.25) is 0 Å². The van der Waals surface area contributed by atoms with Crippen molar-refractivity contribution in [3.63, 3.8) is 0 Å². The lowest BCUT2D eigenvalue weighted by atomic mass is 10.0. The second kappa shape index (κ2) is 6.25. The first kappa shape index (κ1) is 16.8. The van der Waals surface area contributed by atoms with Gasteiger partial charge >= 0.3 is 0 Å². The van der Waals surface area contributed by atoms with Gasteiger partial charge in [0, 0.05) is 31.3 Å². The first-order valence-electron chi connectivity index (χ1n) is 6.58. The van der Waals surface area contributed by atoms with Crippen molar-refractivity contribution in [2.24, 2.45) is 0 Å². The van der Waals surface area contributed by atoms with Crippen LogP contribution in [0.15, 0.2) is 12.1 Å². The van der Waals surface area contributed by atoms with Crippen LogP contribution in [0.25, 0.3) is 0 Å². The molecule has 9 heteroatoms. The van der Waals surface area contributed by atoms with E-state index >= 15 is 0 Å². The highest BCUT2D eigenvalue weighted by atomic mass is 32.2. The molecule has 122 valence electrons. The Morgan fingerprint density at radius 1 is 1.27 bits per heavy atom. The zero-order valence-corrected chi connectivity index (χ0v) is 12.6. The largest absolute Gasteiger partial charge is 0.337 e. The number of hydrogen-bond donors (Lipinski definition) is 1. The molecule has 1 saturated heterocycles. The summed E-state index contributed by atoms with van der Waals surface area (Å²) in [5.74, 6) is -4.58. The molecule has 1 atom stereocenters. The standard InChI is InChI=1S/C13H15F3N2O3S/c1-22(20,21)17-9-3-2-4-18(7-9)13(19)12-10(15)5-8(14)6-11(12)16/h5-6,9,17H,2-4,7H2,1H3/t9-/m0/s1. The summed E-state index contributed by atoms with van der Waals surface area (Å²) in [6, 6.07) is 0.359. The Bertz CT molecular complexity index is 671. The fourth-order valence-electron chi connectivity index (χ4n) is 2.47. The van der Waals surface area contributed by atoms with Crippen molar-refractivity contribution in [1.82, 2.24) is 9.62 Å². The molecule has 1 N–H and O–H groups in total. The molecule has 1 aromatic rings. The minimum atomic E-state index is -3.45. The van der Waals surface area contributed by atoms with Crippen LogP contribution in [-0.4, -0.2) is 44.6 Å². The molecular weight excluding hydrogens is 321 g/mol. The average Bonchev–Trinajstić information content (AvgIpc) is 2.35. The number of piperidine rings is 1. The number of carbonyl (C=O) groups is 1. The Morgan fingerprint density at radius 3 is 2.41 bits per heavy atom. The zero-order valence-electron chi connectivity index (χ0n) is 11.8. The van der Waals surface area contributed by atoms with E-state index in [1.807, 2.05) is 0 Å². The molecule has 1 aromatic carbocycles. The van der Waals surface area contributed by atoms with Crippen LogP contribution >= 0.6 is 0 Å². The summed E-state index contributed by atoms with van der Waals surface area (Å²) in [6.45, 7) is 0.249. The van der Waals surface area contributed by atoms with E-state index in [0.717, 1.165) is 11.2 Å². The summed E-state index contributed by atoms with van der Waals surface area (Å²) in [5.41, 5.74) is -0.832. The quantitative estimate of drug-likeness (QED) is 0.904. The number of carbonyl (C=O) groups excluding carboxylic acids is 1. The molecule has 1 aliphatic rings. The van der Waals surface area contributed by atoms with Gasteiger partial charge in [0.2, 0.25) is 10.0 Å². The predicted molar refractivity (Wildman–Crippen MR) is 73.2 cm³/mol. The number of nitrogens with one attached hydrogen (secondary N) is 1. The van der Waals surface area contributed by atoms with Crippen LogP contribution < -0.4 is 4.72 Å². The highest BCUT2D eigenvalue weighted by Crippen LogP contribution is 2.20. The number of hydrogen-bond acceptors (Lipinski definition) is 3. The van der Waals surface area contributed by atoms with Gasteiger partial charge < -0.3 is 4.90 Å². The fourth-order valence-corrected chi connectivity index (χ4v) is 3.26. The van der Waals surface area contributed by atoms with Gasteiger partial charge in [0.1, 0.15) is 23.0 Å². The van der Waals surface area contributed by atoms with E-state index in [1.54, 1.807) is 0 Å². The molecule has 22 heavy (non-hydrogen) atoms. The first-order valence-corrected chi connectivity index (χ1v) is 8.47. The van der Waals surface area contributed by atoms with Gasteiger partial charge in [-0.2, -0.15) is 0 Å². The molecule has 0 aliphatic carbocycles. The third-order valence-corrected chi connectivity index (χ3v) is 4.07. The summed E-state index contributed by atoms with van der Waals surface area (Å²) in [6.07, 6.45) is 2.00. The molecule has 0 saturated carbocycles. The molecular formula is C13H15F3N2O3S. The average molecular weight is 336 g/mol. The van der Waals surface area contributed by atoms with Crippen molar-refractivity contribution < 1.29 is 26.4 Å². The van der Waals surface area contributed by atoms with Gasteiger partial charge in [-0.1, -0.05) is 0 Å². The van der Waals surface area contributed by atoms with E-state index in [1.165, 1.54) is 0 Å². The lowest BCUT2D eigenvalue weighted by Gasteiger charge is -2.32. The number of rotatable bonds is 3. The van der Waals surface area contributed by atoms with Crippen LogP contribution in [0.5, 0.6) is 0 Å². The molecule has 0 radical (unpaired) electrons. The SMILES string of the molecule is CS(=O)(=O)N[C@H]1CCCN(C(=O)c2c(F)cc(F)cc2F)C1. The van der Waals surface area contributed by atoms with E-state index in [9.17, 15) is 26.4 Å². The van der Waals surface area contributed by atoms with Gasteiger partial charge in [-0.25, -0.2) is 26.3 Å². The maximum Gasteiger partial charge on any atom is 0.259 e. The Morgan fingerprint density at radius 2 is 1.86 bits per heavy atom. The van der Waals surface area contributed by atoms with Crippen LogP contribution in [0.4, 0.5) is 13.2 Å². The van der Waals surface area contributed by atoms with Crippen molar-refractivity contribution in [3.8, 4) is 0 Å². The minimum absolute atomic E-state index is 0.00214.